The number of carboxylic acid groups (broad SMARTS) is 1. The van der Waals surface area contributed by atoms with Crippen molar-refractivity contribution >= 4 is 46.7 Å². The summed E-state index contributed by atoms with van der Waals surface area (Å²) in [4.78, 5) is 11.7. The number of carboxylic acids is 1. The summed E-state index contributed by atoms with van der Waals surface area (Å²) in [7, 11) is 0. The Balaban J connectivity index is 1.93. The normalized spacial score (nSPS) is 11.1. The molecule has 0 unspecified atom stereocenters. The van der Waals surface area contributed by atoms with Gasteiger partial charge in [-0.3, -0.25) is 0 Å². The smallest absolute Gasteiger partial charge is 0.328 e. The van der Waals surface area contributed by atoms with Crippen LogP contribution in [0.3, 0.4) is 0 Å². The molecule has 0 saturated carbocycles. The van der Waals surface area contributed by atoms with Gasteiger partial charge >= 0.3 is 5.97 Å². The third-order valence-corrected chi connectivity index (χ3v) is 5.13. The molecule has 0 aliphatic rings. The molecular weight excluding hydrogens is 312 g/mol. The van der Waals surface area contributed by atoms with Gasteiger partial charge in [-0.25, -0.2) is 4.79 Å². The largest absolute Gasteiger partial charge is 0.478 e. The van der Waals surface area contributed by atoms with E-state index in [9.17, 15) is 4.79 Å². The Hall–Kier alpha value is -1.23. The van der Waals surface area contributed by atoms with Gasteiger partial charge in [0.05, 0.1) is 0 Å². The first kappa shape index (κ1) is 15.2. The third-order valence-electron chi connectivity index (χ3n) is 2.63. The summed E-state index contributed by atoms with van der Waals surface area (Å²) in [5, 5.41) is 11.4. The quantitative estimate of drug-likeness (QED) is 0.765. The zero-order chi connectivity index (χ0) is 14.4. The maximum absolute atomic E-state index is 10.5. The van der Waals surface area contributed by atoms with E-state index in [1.165, 1.54) is 11.0 Å². The molecule has 20 heavy (non-hydrogen) atoms. The number of benzene rings is 1. The van der Waals surface area contributed by atoms with E-state index in [1.54, 1.807) is 29.2 Å². The molecule has 5 heteroatoms. The van der Waals surface area contributed by atoms with E-state index in [1.807, 2.05) is 35.7 Å². The number of thioether (sulfide) groups is 1. The molecule has 0 atom stereocenters. The van der Waals surface area contributed by atoms with Crippen molar-refractivity contribution in [3.05, 3.63) is 62.8 Å². The first-order valence-corrected chi connectivity index (χ1v) is 8.36. The zero-order valence-corrected chi connectivity index (χ0v) is 13.0. The van der Waals surface area contributed by atoms with E-state index in [-0.39, 0.29) is 0 Å². The lowest BCUT2D eigenvalue weighted by Crippen LogP contribution is -1.87. The Bertz CT molecular complexity index is 620. The van der Waals surface area contributed by atoms with Gasteiger partial charge in [0.25, 0.3) is 0 Å². The fourth-order valence-electron chi connectivity index (χ4n) is 1.65. The molecule has 1 aromatic heterocycles. The molecule has 0 aliphatic heterocycles. The second-order valence-corrected chi connectivity index (χ2v) is 6.45. The van der Waals surface area contributed by atoms with E-state index in [4.69, 9.17) is 16.7 Å². The molecule has 1 aromatic carbocycles. The minimum Gasteiger partial charge on any atom is -0.478 e. The minimum absolute atomic E-state index is 0.789. The van der Waals surface area contributed by atoms with E-state index in [0.717, 1.165) is 27.7 Å². The van der Waals surface area contributed by atoms with Crippen LogP contribution in [0.25, 0.3) is 6.08 Å². The number of thiophene rings is 1. The van der Waals surface area contributed by atoms with Crippen molar-refractivity contribution < 1.29 is 9.90 Å². The van der Waals surface area contributed by atoms with Crippen LogP contribution >= 0.6 is 34.7 Å². The number of hydrogen-bond donors (Lipinski definition) is 1. The first-order chi connectivity index (χ1) is 9.66. The van der Waals surface area contributed by atoms with Crippen molar-refractivity contribution in [3.8, 4) is 0 Å². The van der Waals surface area contributed by atoms with Gasteiger partial charge in [0.2, 0.25) is 0 Å². The fourth-order valence-corrected chi connectivity index (χ4v) is 4.03. The monoisotopic (exact) mass is 324 g/mol. The fraction of sp³-hybridized carbons (Fsp3) is 0.133. The molecule has 0 amide bonds. The van der Waals surface area contributed by atoms with Crippen molar-refractivity contribution in [2.24, 2.45) is 0 Å². The number of aliphatic carboxylic acids is 1. The lowest BCUT2D eigenvalue weighted by molar-refractivity contribution is -0.131. The maximum atomic E-state index is 10.5. The van der Waals surface area contributed by atoms with Crippen LogP contribution in [-0.4, -0.2) is 11.1 Å². The summed E-state index contributed by atoms with van der Waals surface area (Å²) in [6.07, 6.45) is 2.81. The number of rotatable bonds is 6. The Kier molecular flexibility index (Phi) is 5.71. The molecule has 104 valence electrons. The Morgan fingerprint density at radius 3 is 2.85 bits per heavy atom. The van der Waals surface area contributed by atoms with Crippen LogP contribution in [0.4, 0.5) is 0 Å². The van der Waals surface area contributed by atoms with Crippen LogP contribution in [0.2, 0.25) is 5.02 Å². The topological polar surface area (TPSA) is 37.3 Å². The van der Waals surface area contributed by atoms with Gasteiger partial charge in [0.1, 0.15) is 0 Å². The Labute approximate surface area is 131 Å². The van der Waals surface area contributed by atoms with Crippen LogP contribution in [-0.2, 0) is 16.3 Å². The van der Waals surface area contributed by atoms with Crippen molar-refractivity contribution in [2.45, 2.75) is 11.5 Å². The van der Waals surface area contributed by atoms with Crippen LogP contribution < -0.4 is 0 Å². The molecule has 0 fully saturated rings. The molecule has 1 heterocycles. The second kappa shape index (κ2) is 7.53. The highest BCUT2D eigenvalue weighted by atomic mass is 35.5. The first-order valence-electron chi connectivity index (χ1n) is 5.95. The third kappa shape index (κ3) is 4.40. The van der Waals surface area contributed by atoms with Gasteiger partial charge in [-0.1, -0.05) is 29.8 Å². The summed E-state index contributed by atoms with van der Waals surface area (Å²) in [6.45, 7) is 0. The zero-order valence-electron chi connectivity index (χ0n) is 10.6. The maximum Gasteiger partial charge on any atom is 0.328 e. The molecule has 0 spiro atoms. The lowest BCUT2D eigenvalue weighted by atomic mass is 10.2. The highest BCUT2D eigenvalue weighted by Crippen LogP contribution is 2.27. The van der Waals surface area contributed by atoms with Crippen LogP contribution in [0.15, 0.2) is 41.8 Å². The standard InChI is InChI=1S/C15H13ClO2S2/c16-13-4-2-1-3-12(13)9-19-10-14-11(7-8-20-14)5-6-15(17)18/h1-8H,9-10H2,(H,17,18)/b6-5+. The predicted molar refractivity (Wildman–Crippen MR) is 87.4 cm³/mol. The second-order valence-electron chi connectivity index (χ2n) is 4.05. The molecule has 0 bridgehead atoms. The summed E-state index contributed by atoms with van der Waals surface area (Å²) in [6, 6.07) is 9.76. The number of halogens is 1. The van der Waals surface area contributed by atoms with Crippen molar-refractivity contribution in [2.75, 3.05) is 0 Å². The van der Waals surface area contributed by atoms with Crippen molar-refractivity contribution in [3.63, 3.8) is 0 Å². The van der Waals surface area contributed by atoms with Gasteiger partial charge in [0.15, 0.2) is 0 Å². The van der Waals surface area contributed by atoms with E-state index < -0.39 is 5.97 Å². The molecule has 0 saturated heterocycles. The number of carbonyl (C=O) groups is 1. The minimum atomic E-state index is -0.925. The highest BCUT2D eigenvalue weighted by Gasteiger charge is 2.04. The average Bonchev–Trinajstić information content (AvgIpc) is 2.86. The van der Waals surface area contributed by atoms with Gasteiger partial charge in [-0.05, 0) is 34.7 Å². The van der Waals surface area contributed by atoms with Crippen molar-refractivity contribution in [1.29, 1.82) is 0 Å². The summed E-state index contributed by atoms with van der Waals surface area (Å²) >= 11 is 9.53. The molecular formula is C15H13ClO2S2. The lowest BCUT2D eigenvalue weighted by Gasteiger charge is -2.04. The predicted octanol–water partition coefficient (Wildman–Crippen LogP) is 4.93. The Morgan fingerprint density at radius 1 is 1.30 bits per heavy atom. The van der Waals surface area contributed by atoms with E-state index in [0.29, 0.717) is 0 Å². The van der Waals surface area contributed by atoms with E-state index in [2.05, 4.69) is 0 Å². The van der Waals surface area contributed by atoms with Crippen LogP contribution in [0.1, 0.15) is 16.0 Å². The van der Waals surface area contributed by atoms with Gasteiger partial charge in [-0.15, -0.1) is 11.3 Å². The number of hydrogen-bond acceptors (Lipinski definition) is 3. The van der Waals surface area contributed by atoms with E-state index >= 15 is 0 Å². The van der Waals surface area contributed by atoms with Gasteiger partial charge in [0, 0.05) is 27.5 Å². The molecule has 2 nitrogen and oxygen atoms in total. The molecule has 0 aliphatic carbocycles. The van der Waals surface area contributed by atoms with Crippen molar-refractivity contribution in [1.82, 2.24) is 0 Å². The Morgan fingerprint density at radius 2 is 2.10 bits per heavy atom. The van der Waals surface area contributed by atoms with Crippen LogP contribution in [0.5, 0.6) is 0 Å². The van der Waals surface area contributed by atoms with Gasteiger partial charge in [-0.2, -0.15) is 11.8 Å². The van der Waals surface area contributed by atoms with Crippen LogP contribution in [0, 0.1) is 0 Å². The molecule has 1 N–H and O–H groups in total. The summed E-state index contributed by atoms with van der Waals surface area (Å²) in [5.74, 6) is 0.771. The summed E-state index contributed by atoms with van der Waals surface area (Å²) in [5.41, 5.74) is 2.10. The summed E-state index contributed by atoms with van der Waals surface area (Å²) < 4.78 is 0. The molecule has 0 radical (unpaired) electrons. The highest BCUT2D eigenvalue weighted by molar-refractivity contribution is 7.97. The average molecular weight is 325 g/mol. The molecule has 2 rings (SSSR count). The SMILES string of the molecule is O=C(O)/C=C/c1ccsc1CSCc1ccccc1Cl. The molecule has 2 aromatic rings. The van der Waals surface area contributed by atoms with Gasteiger partial charge < -0.3 is 5.11 Å².